The molecule has 0 aromatic heterocycles. The van der Waals surface area contributed by atoms with Gasteiger partial charge in [-0.1, -0.05) is 6.07 Å². The molecule has 0 radical (unpaired) electrons. The third-order valence-corrected chi connectivity index (χ3v) is 3.76. The van der Waals surface area contributed by atoms with Gasteiger partial charge < -0.3 is 19.5 Å². The number of hydrogen-bond donors (Lipinski definition) is 1. The molecular weight excluding hydrogens is 242 g/mol. The van der Waals surface area contributed by atoms with Crippen LogP contribution in [0.5, 0.6) is 11.5 Å². The van der Waals surface area contributed by atoms with Gasteiger partial charge in [-0.05, 0) is 31.9 Å². The van der Waals surface area contributed by atoms with Crippen LogP contribution in [0.25, 0.3) is 0 Å². The van der Waals surface area contributed by atoms with E-state index in [0.29, 0.717) is 5.92 Å². The first-order valence-electron chi connectivity index (χ1n) is 6.75. The second kappa shape index (κ2) is 6.78. The maximum absolute atomic E-state index is 5.48. The molecule has 0 bridgehead atoms. The highest BCUT2D eigenvalue weighted by molar-refractivity contribution is 5.42. The monoisotopic (exact) mass is 265 g/mol. The number of rotatable bonds is 6. The Morgan fingerprint density at radius 3 is 2.79 bits per heavy atom. The third kappa shape index (κ3) is 3.39. The molecule has 2 rings (SSSR count). The van der Waals surface area contributed by atoms with Crippen molar-refractivity contribution in [2.75, 3.05) is 34.5 Å². The van der Waals surface area contributed by atoms with Crippen LogP contribution >= 0.6 is 0 Å². The lowest BCUT2D eigenvalue weighted by atomic mass is 9.93. The smallest absolute Gasteiger partial charge is 0.127 e. The molecule has 4 nitrogen and oxygen atoms in total. The summed E-state index contributed by atoms with van der Waals surface area (Å²) in [5.74, 6) is 2.32. The number of ether oxygens (including phenoxy) is 3. The Balaban J connectivity index is 2.16. The Morgan fingerprint density at radius 1 is 1.37 bits per heavy atom. The number of hydrogen-bond acceptors (Lipinski definition) is 4. The van der Waals surface area contributed by atoms with Gasteiger partial charge in [-0.15, -0.1) is 0 Å². The lowest BCUT2D eigenvalue weighted by molar-refractivity contribution is 0.181. The second-order valence-electron chi connectivity index (χ2n) is 4.91. The summed E-state index contributed by atoms with van der Waals surface area (Å²) in [5, 5.41) is 3.38. The normalized spacial score (nSPS) is 20.3. The molecule has 1 aliphatic rings. The van der Waals surface area contributed by atoms with E-state index in [4.69, 9.17) is 14.2 Å². The molecule has 2 unspecified atom stereocenters. The van der Waals surface area contributed by atoms with E-state index in [0.717, 1.165) is 37.6 Å². The van der Waals surface area contributed by atoms with Gasteiger partial charge in [0.1, 0.15) is 11.5 Å². The highest BCUT2D eigenvalue weighted by Gasteiger charge is 2.23. The number of nitrogens with one attached hydrogen (secondary N) is 1. The fourth-order valence-corrected chi connectivity index (χ4v) is 2.61. The third-order valence-electron chi connectivity index (χ3n) is 3.76. The standard InChI is InChI=1S/C15H23NO3/c1-16-14(8-11-6-7-19-10-11)13-5-4-12(17-2)9-15(13)18-3/h4-5,9,11,14,16H,6-8,10H2,1-3H3. The zero-order valence-corrected chi connectivity index (χ0v) is 11.9. The van der Waals surface area contributed by atoms with Crippen molar-refractivity contribution >= 4 is 0 Å². The summed E-state index contributed by atoms with van der Waals surface area (Å²) in [6.07, 6.45) is 2.22. The molecule has 0 aliphatic carbocycles. The zero-order chi connectivity index (χ0) is 13.7. The van der Waals surface area contributed by atoms with Gasteiger partial charge in [0, 0.05) is 30.9 Å². The van der Waals surface area contributed by atoms with Crippen molar-refractivity contribution < 1.29 is 14.2 Å². The van der Waals surface area contributed by atoms with Gasteiger partial charge in [-0.2, -0.15) is 0 Å². The zero-order valence-electron chi connectivity index (χ0n) is 11.9. The first-order chi connectivity index (χ1) is 9.28. The average Bonchev–Trinajstić information content (AvgIpc) is 2.97. The summed E-state index contributed by atoms with van der Waals surface area (Å²) >= 11 is 0. The van der Waals surface area contributed by atoms with Gasteiger partial charge in [0.15, 0.2) is 0 Å². The fourth-order valence-electron chi connectivity index (χ4n) is 2.61. The molecule has 1 heterocycles. The Bertz CT molecular complexity index is 402. The van der Waals surface area contributed by atoms with E-state index < -0.39 is 0 Å². The highest BCUT2D eigenvalue weighted by Crippen LogP contribution is 2.34. The van der Waals surface area contributed by atoms with E-state index in [2.05, 4.69) is 11.4 Å². The van der Waals surface area contributed by atoms with Crippen LogP contribution in [0.1, 0.15) is 24.4 Å². The quantitative estimate of drug-likeness (QED) is 0.857. The molecule has 19 heavy (non-hydrogen) atoms. The first-order valence-corrected chi connectivity index (χ1v) is 6.75. The van der Waals surface area contributed by atoms with Gasteiger partial charge >= 0.3 is 0 Å². The molecule has 1 aromatic rings. The summed E-state index contributed by atoms with van der Waals surface area (Å²) in [6.45, 7) is 1.76. The summed E-state index contributed by atoms with van der Waals surface area (Å²) < 4.78 is 16.2. The molecule has 1 fully saturated rings. The first kappa shape index (κ1) is 14.2. The molecule has 1 N–H and O–H groups in total. The van der Waals surface area contributed by atoms with Gasteiger partial charge in [-0.3, -0.25) is 0 Å². The van der Waals surface area contributed by atoms with E-state index in [1.54, 1.807) is 14.2 Å². The van der Waals surface area contributed by atoms with E-state index in [9.17, 15) is 0 Å². The van der Waals surface area contributed by atoms with Crippen molar-refractivity contribution in [1.29, 1.82) is 0 Å². The Kier molecular flexibility index (Phi) is 5.05. The van der Waals surface area contributed by atoms with Crippen molar-refractivity contribution in [3.63, 3.8) is 0 Å². The van der Waals surface area contributed by atoms with Crippen molar-refractivity contribution in [2.24, 2.45) is 5.92 Å². The van der Waals surface area contributed by atoms with Crippen LogP contribution in [0, 0.1) is 5.92 Å². The fraction of sp³-hybridized carbons (Fsp3) is 0.600. The molecule has 2 atom stereocenters. The van der Waals surface area contributed by atoms with Crippen molar-refractivity contribution in [3.05, 3.63) is 23.8 Å². The molecule has 0 amide bonds. The Hall–Kier alpha value is -1.26. The lowest BCUT2D eigenvalue weighted by Gasteiger charge is -2.22. The van der Waals surface area contributed by atoms with Gasteiger partial charge in [0.25, 0.3) is 0 Å². The minimum atomic E-state index is 0.285. The maximum Gasteiger partial charge on any atom is 0.127 e. The van der Waals surface area contributed by atoms with Crippen LogP contribution in [-0.4, -0.2) is 34.5 Å². The molecule has 4 heteroatoms. The van der Waals surface area contributed by atoms with Crippen LogP contribution < -0.4 is 14.8 Å². The lowest BCUT2D eigenvalue weighted by Crippen LogP contribution is -2.20. The largest absolute Gasteiger partial charge is 0.497 e. The predicted molar refractivity (Wildman–Crippen MR) is 74.9 cm³/mol. The minimum absolute atomic E-state index is 0.285. The highest BCUT2D eigenvalue weighted by atomic mass is 16.5. The van der Waals surface area contributed by atoms with E-state index >= 15 is 0 Å². The van der Waals surface area contributed by atoms with Crippen LogP contribution in [-0.2, 0) is 4.74 Å². The maximum atomic E-state index is 5.48. The van der Waals surface area contributed by atoms with Crippen molar-refractivity contribution in [1.82, 2.24) is 5.32 Å². The van der Waals surface area contributed by atoms with Gasteiger partial charge in [0.2, 0.25) is 0 Å². The van der Waals surface area contributed by atoms with E-state index in [1.807, 2.05) is 19.2 Å². The summed E-state index contributed by atoms with van der Waals surface area (Å²) in [6, 6.07) is 6.28. The Labute approximate surface area is 115 Å². The molecule has 1 aliphatic heterocycles. The Morgan fingerprint density at radius 2 is 2.21 bits per heavy atom. The molecule has 106 valence electrons. The van der Waals surface area contributed by atoms with E-state index in [-0.39, 0.29) is 6.04 Å². The average molecular weight is 265 g/mol. The van der Waals surface area contributed by atoms with Crippen LogP contribution in [0.3, 0.4) is 0 Å². The molecule has 0 saturated carbocycles. The number of methoxy groups -OCH3 is 2. The van der Waals surface area contributed by atoms with Gasteiger partial charge in [0.05, 0.1) is 14.2 Å². The molecule has 0 spiro atoms. The summed E-state index contributed by atoms with van der Waals surface area (Å²) in [4.78, 5) is 0. The summed E-state index contributed by atoms with van der Waals surface area (Å²) in [7, 11) is 5.35. The van der Waals surface area contributed by atoms with Gasteiger partial charge in [-0.25, -0.2) is 0 Å². The predicted octanol–water partition coefficient (Wildman–Crippen LogP) is 2.39. The summed E-state index contributed by atoms with van der Waals surface area (Å²) in [5.41, 5.74) is 1.18. The molecule has 1 aromatic carbocycles. The topological polar surface area (TPSA) is 39.7 Å². The van der Waals surface area contributed by atoms with Crippen molar-refractivity contribution in [2.45, 2.75) is 18.9 Å². The van der Waals surface area contributed by atoms with Crippen LogP contribution in [0.4, 0.5) is 0 Å². The van der Waals surface area contributed by atoms with E-state index in [1.165, 1.54) is 5.56 Å². The number of benzene rings is 1. The van der Waals surface area contributed by atoms with Crippen molar-refractivity contribution in [3.8, 4) is 11.5 Å². The van der Waals surface area contributed by atoms with Crippen LogP contribution in [0.15, 0.2) is 18.2 Å². The van der Waals surface area contributed by atoms with Crippen LogP contribution in [0.2, 0.25) is 0 Å². The minimum Gasteiger partial charge on any atom is -0.497 e. The second-order valence-corrected chi connectivity index (χ2v) is 4.91. The SMILES string of the molecule is CNC(CC1CCOC1)c1ccc(OC)cc1OC. The molecular formula is C15H23NO3. The molecule has 1 saturated heterocycles.